The minimum absolute atomic E-state index is 0.406. The second kappa shape index (κ2) is 4.82. The van der Waals surface area contributed by atoms with Gasteiger partial charge in [-0.25, -0.2) is 0 Å². The van der Waals surface area contributed by atoms with Crippen molar-refractivity contribution in [3.05, 3.63) is 5.89 Å². The predicted molar refractivity (Wildman–Crippen MR) is 60.4 cm³/mol. The van der Waals surface area contributed by atoms with Gasteiger partial charge in [-0.3, -0.25) is 0 Å². The predicted octanol–water partition coefficient (Wildman–Crippen LogP) is 1.63. The number of hydrogen-bond acceptors (Lipinski definition) is 5. The molecule has 0 saturated carbocycles. The first-order valence-corrected chi connectivity index (χ1v) is 5.79. The molecule has 0 bridgehead atoms. The molecule has 5 nitrogen and oxygen atoms in total. The highest BCUT2D eigenvalue weighted by molar-refractivity contribution is 5.24. The van der Waals surface area contributed by atoms with Crippen LogP contribution in [0.2, 0.25) is 0 Å². The molecule has 1 saturated heterocycles. The quantitative estimate of drug-likeness (QED) is 0.782. The molecule has 0 spiro atoms. The van der Waals surface area contributed by atoms with Crippen molar-refractivity contribution in [1.82, 2.24) is 10.2 Å². The molecule has 2 heterocycles. The Kier molecular flexibility index (Phi) is 3.43. The number of nitrogens with zero attached hydrogens (tertiary/aromatic N) is 3. The Bertz CT molecular complexity index is 334. The van der Waals surface area contributed by atoms with Gasteiger partial charge < -0.3 is 14.1 Å². The maximum Gasteiger partial charge on any atom is 0.318 e. The molecule has 16 heavy (non-hydrogen) atoms. The van der Waals surface area contributed by atoms with E-state index in [1.165, 1.54) is 0 Å². The molecule has 0 aliphatic carbocycles. The average molecular weight is 225 g/mol. The van der Waals surface area contributed by atoms with Gasteiger partial charge in [-0.2, -0.15) is 0 Å². The largest absolute Gasteiger partial charge is 0.408 e. The van der Waals surface area contributed by atoms with Crippen LogP contribution in [0.25, 0.3) is 0 Å². The van der Waals surface area contributed by atoms with E-state index >= 15 is 0 Å². The number of ether oxygens (including phenoxy) is 1. The zero-order valence-electron chi connectivity index (χ0n) is 10.1. The Labute approximate surface area is 95.8 Å². The summed E-state index contributed by atoms with van der Waals surface area (Å²) in [4.78, 5) is 2.07. The molecular formula is C11H19N3O2. The first-order valence-electron chi connectivity index (χ1n) is 5.79. The molecule has 0 radical (unpaired) electrons. The molecule has 0 N–H and O–H groups in total. The van der Waals surface area contributed by atoms with Crippen LogP contribution in [0.15, 0.2) is 4.42 Å². The fourth-order valence-electron chi connectivity index (χ4n) is 2.12. The van der Waals surface area contributed by atoms with E-state index in [4.69, 9.17) is 9.15 Å². The minimum Gasteiger partial charge on any atom is -0.408 e. The summed E-state index contributed by atoms with van der Waals surface area (Å²) < 4.78 is 10.8. The smallest absolute Gasteiger partial charge is 0.318 e. The van der Waals surface area contributed by atoms with Gasteiger partial charge in [0.15, 0.2) is 0 Å². The highest BCUT2D eigenvalue weighted by Crippen LogP contribution is 2.24. The van der Waals surface area contributed by atoms with E-state index in [0.29, 0.717) is 23.9 Å². The van der Waals surface area contributed by atoms with Gasteiger partial charge in [0.05, 0.1) is 0 Å². The van der Waals surface area contributed by atoms with Gasteiger partial charge >= 0.3 is 6.01 Å². The van der Waals surface area contributed by atoms with Crippen LogP contribution < -0.4 is 4.90 Å². The normalized spacial score (nSPS) is 19.7. The molecule has 1 aromatic rings. The van der Waals surface area contributed by atoms with Crippen LogP contribution in [-0.2, 0) is 4.74 Å². The van der Waals surface area contributed by atoms with E-state index < -0.39 is 0 Å². The first kappa shape index (κ1) is 11.4. The lowest BCUT2D eigenvalue weighted by Crippen LogP contribution is -2.38. The molecule has 1 aromatic heterocycles. The second-order valence-electron chi connectivity index (χ2n) is 4.40. The number of hydrogen-bond donors (Lipinski definition) is 0. The average Bonchev–Trinajstić information content (AvgIpc) is 2.75. The molecule has 0 aromatic carbocycles. The molecule has 1 atom stereocenters. The molecule has 1 fully saturated rings. The van der Waals surface area contributed by atoms with Gasteiger partial charge in [0, 0.05) is 33.2 Å². The molecule has 1 aliphatic heterocycles. The summed E-state index contributed by atoms with van der Waals surface area (Å²) in [7, 11) is 2.01. The molecule has 1 aliphatic rings. The standard InChI is InChI=1S/C11H19N3O2/c1-8(10-4-6-15-7-5-10)14(3)11-13-12-9(2)16-11/h8,10H,4-7H2,1-3H3. The zero-order chi connectivity index (χ0) is 11.5. The monoisotopic (exact) mass is 225 g/mol. The third-order valence-corrected chi connectivity index (χ3v) is 3.38. The van der Waals surface area contributed by atoms with Crippen molar-refractivity contribution in [2.24, 2.45) is 5.92 Å². The van der Waals surface area contributed by atoms with Crippen molar-refractivity contribution in [2.45, 2.75) is 32.7 Å². The summed E-state index contributed by atoms with van der Waals surface area (Å²) in [5.41, 5.74) is 0. The number of aryl methyl sites for hydroxylation is 1. The van der Waals surface area contributed by atoms with Crippen LogP contribution in [0.5, 0.6) is 0 Å². The SMILES string of the molecule is Cc1nnc(N(C)C(C)C2CCOCC2)o1. The van der Waals surface area contributed by atoms with Gasteiger partial charge in [0.25, 0.3) is 0 Å². The van der Waals surface area contributed by atoms with Gasteiger partial charge in [0.2, 0.25) is 5.89 Å². The van der Waals surface area contributed by atoms with Crippen molar-refractivity contribution in [2.75, 3.05) is 25.2 Å². The van der Waals surface area contributed by atoms with Gasteiger partial charge in [-0.1, -0.05) is 5.10 Å². The van der Waals surface area contributed by atoms with Crippen LogP contribution >= 0.6 is 0 Å². The molecular weight excluding hydrogens is 206 g/mol. The van der Waals surface area contributed by atoms with E-state index in [0.717, 1.165) is 26.1 Å². The van der Waals surface area contributed by atoms with Gasteiger partial charge in [-0.15, -0.1) is 5.10 Å². The lowest BCUT2D eigenvalue weighted by atomic mass is 9.92. The Balaban J connectivity index is 2.00. The van der Waals surface area contributed by atoms with Gasteiger partial charge in [-0.05, 0) is 25.7 Å². The lowest BCUT2D eigenvalue weighted by molar-refractivity contribution is 0.0593. The van der Waals surface area contributed by atoms with E-state index in [1.54, 1.807) is 0 Å². The summed E-state index contributed by atoms with van der Waals surface area (Å²) in [6.07, 6.45) is 2.22. The molecule has 5 heteroatoms. The minimum atomic E-state index is 0.406. The van der Waals surface area contributed by atoms with Crippen LogP contribution in [0.1, 0.15) is 25.7 Å². The Morgan fingerprint density at radius 3 is 2.56 bits per heavy atom. The summed E-state index contributed by atoms with van der Waals surface area (Å²) >= 11 is 0. The van der Waals surface area contributed by atoms with Crippen molar-refractivity contribution < 1.29 is 9.15 Å². The number of aromatic nitrogens is 2. The molecule has 0 amide bonds. The number of anilines is 1. The van der Waals surface area contributed by atoms with Crippen LogP contribution in [0, 0.1) is 12.8 Å². The van der Waals surface area contributed by atoms with Crippen molar-refractivity contribution in [3.8, 4) is 0 Å². The maximum absolute atomic E-state index is 5.43. The van der Waals surface area contributed by atoms with Crippen LogP contribution in [-0.4, -0.2) is 36.5 Å². The summed E-state index contributed by atoms with van der Waals surface area (Å²) in [6, 6.07) is 1.01. The fraction of sp³-hybridized carbons (Fsp3) is 0.818. The summed E-state index contributed by atoms with van der Waals surface area (Å²) in [5, 5.41) is 7.89. The fourth-order valence-corrected chi connectivity index (χ4v) is 2.12. The Morgan fingerprint density at radius 2 is 2.00 bits per heavy atom. The highest BCUT2D eigenvalue weighted by Gasteiger charge is 2.25. The van der Waals surface area contributed by atoms with Crippen LogP contribution in [0.4, 0.5) is 6.01 Å². The van der Waals surface area contributed by atoms with Gasteiger partial charge in [0.1, 0.15) is 0 Å². The number of rotatable bonds is 3. The van der Waals surface area contributed by atoms with E-state index in [-0.39, 0.29) is 0 Å². The molecule has 1 unspecified atom stereocenters. The second-order valence-corrected chi connectivity index (χ2v) is 4.40. The lowest BCUT2D eigenvalue weighted by Gasteiger charge is -2.33. The van der Waals surface area contributed by atoms with E-state index in [9.17, 15) is 0 Å². The van der Waals surface area contributed by atoms with Crippen molar-refractivity contribution in [1.29, 1.82) is 0 Å². The third-order valence-electron chi connectivity index (χ3n) is 3.38. The zero-order valence-corrected chi connectivity index (χ0v) is 10.1. The van der Waals surface area contributed by atoms with E-state index in [1.807, 2.05) is 14.0 Å². The molecule has 2 rings (SSSR count). The molecule has 90 valence electrons. The third kappa shape index (κ3) is 2.35. The Hall–Kier alpha value is -1.10. The summed E-state index contributed by atoms with van der Waals surface area (Å²) in [6.45, 7) is 5.75. The van der Waals surface area contributed by atoms with Crippen molar-refractivity contribution in [3.63, 3.8) is 0 Å². The Morgan fingerprint density at radius 1 is 1.31 bits per heavy atom. The first-order chi connectivity index (χ1) is 7.68. The summed E-state index contributed by atoms with van der Waals surface area (Å²) in [5.74, 6) is 1.26. The highest BCUT2D eigenvalue weighted by atomic mass is 16.5. The van der Waals surface area contributed by atoms with Crippen molar-refractivity contribution >= 4 is 6.01 Å². The topological polar surface area (TPSA) is 51.4 Å². The van der Waals surface area contributed by atoms with E-state index in [2.05, 4.69) is 22.0 Å². The maximum atomic E-state index is 5.43. The van der Waals surface area contributed by atoms with Crippen LogP contribution in [0.3, 0.4) is 0 Å².